The van der Waals surface area contributed by atoms with Gasteiger partial charge in [0, 0.05) is 27.9 Å². The molecule has 0 aliphatic heterocycles. The van der Waals surface area contributed by atoms with Crippen LogP contribution in [0.4, 0.5) is 8.78 Å². The average molecular weight is 465 g/mol. The lowest BCUT2D eigenvalue weighted by Crippen LogP contribution is -2.06. The quantitative estimate of drug-likeness (QED) is 0.427. The average Bonchev–Trinajstić information content (AvgIpc) is 2.72. The molecule has 3 aromatic rings. The molecular weight excluding hydrogens is 445 g/mol. The lowest BCUT2D eigenvalue weighted by molar-refractivity contribution is -0.139. The highest BCUT2D eigenvalue weighted by molar-refractivity contribution is 6.36. The molecule has 3 nitrogen and oxygen atoms in total. The van der Waals surface area contributed by atoms with E-state index in [4.69, 9.17) is 23.2 Å². The van der Waals surface area contributed by atoms with E-state index in [1.165, 1.54) is 31.4 Å². The van der Waals surface area contributed by atoms with Gasteiger partial charge < -0.3 is 9.84 Å². The van der Waals surface area contributed by atoms with E-state index >= 15 is 4.39 Å². The summed E-state index contributed by atoms with van der Waals surface area (Å²) < 4.78 is 33.3. The predicted molar refractivity (Wildman–Crippen MR) is 117 cm³/mol. The predicted octanol–water partition coefficient (Wildman–Crippen LogP) is 6.44. The summed E-state index contributed by atoms with van der Waals surface area (Å²) in [6.45, 7) is 1.73. The first kappa shape index (κ1) is 23.0. The van der Waals surface area contributed by atoms with Crippen molar-refractivity contribution in [1.29, 1.82) is 0 Å². The standard InChI is InChI=1S/C24H20Cl2F2O3/c1-13(15-3-6-17(27)7-4-15)23-21(29)8-5-16(24(23)28)12-18-19(25)9-14(10-20(18)26)11-22(30)31-2/h3-10,13,29H,11-12H2,1-2H3. The smallest absolute Gasteiger partial charge is 0.309 e. The summed E-state index contributed by atoms with van der Waals surface area (Å²) in [6.07, 6.45) is 0.106. The molecule has 0 saturated carbocycles. The number of carbonyl (C=O) groups excluding carboxylic acids is 1. The van der Waals surface area contributed by atoms with Crippen LogP contribution in [0.1, 0.15) is 40.7 Å². The summed E-state index contributed by atoms with van der Waals surface area (Å²) in [6, 6.07) is 11.8. The van der Waals surface area contributed by atoms with Crippen LogP contribution < -0.4 is 0 Å². The minimum atomic E-state index is -0.581. The minimum Gasteiger partial charge on any atom is -0.508 e. The second-order valence-corrected chi connectivity index (χ2v) is 8.03. The number of methoxy groups -OCH3 is 1. The molecular formula is C24H20Cl2F2O3. The van der Waals surface area contributed by atoms with Gasteiger partial charge in [-0.25, -0.2) is 8.78 Å². The van der Waals surface area contributed by atoms with E-state index < -0.39 is 23.5 Å². The number of phenols is 1. The van der Waals surface area contributed by atoms with Gasteiger partial charge in [-0.15, -0.1) is 0 Å². The Bertz CT molecular complexity index is 1090. The largest absolute Gasteiger partial charge is 0.508 e. The molecule has 0 fully saturated rings. The summed E-state index contributed by atoms with van der Waals surface area (Å²) in [5.41, 5.74) is 2.16. The number of halogens is 4. The van der Waals surface area contributed by atoms with Crippen molar-refractivity contribution >= 4 is 29.2 Å². The number of esters is 1. The molecule has 0 heterocycles. The van der Waals surface area contributed by atoms with Crippen LogP contribution in [0, 0.1) is 11.6 Å². The third kappa shape index (κ3) is 5.17. The molecule has 1 unspecified atom stereocenters. The van der Waals surface area contributed by atoms with Gasteiger partial charge in [-0.3, -0.25) is 4.79 Å². The maximum Gasteiger partial charge on any atom is 0.309 e. The molecule has 162 valence electrons. The van der Waals surface area contributed by atoms with Gasteiger partial charge in [0.05, 0.1) is 13.5 Å². The van der Waals surface area contributed by atoms with E-state index in [2.05, 4.69) is 4.74 Å². The van der Waals surface area contributed by atoms with E-state index in [0.717, 1.165) is 0 Å². The summed E-state index contributed by atoms with van der Waals surface area (Å²) in [7, 11) is 1.29. The summed E-state index contributed by atoms with van der Waals surface area (Å²) in [5, 5.41) is 10.9. The Balaban J connectivity index is 1.95. The van der Waals surface area contributed by atoms with Gasteiger partial charge in [-0.05, 0) is 52.6 Å². The summed E-state index contributed by atoms with van der Waals surface area (Å²) in [5.74, 6) is -2.10. The van der Waals surface area contributed by atoms with E-state index in [9.17, 15) is 14.3 Å². The van der Waals surface area contributed by atoms with Crippen molar-refractivity contribution in [3.8, 4) is 5.75 Å². The van der Waals surface area contributed by atoms with Gasteiger partial charge in [-0.1, -0.05) is 48.3 Å². The van der Waals surface area contributed by atoms with Crippen LogP contribution in [0.3, 0.4) is 0 Å². The number of hydrogen-bond donors (Lipinski definition) is 1. The van der Waals surface area contributed by atoms with E-state index in [-0.39, 0.29) is 24.2 Å². The van der Waals surface area contributed by atoms with Crippen LogP contribution in [0.15, 0.2) is 48.5 Å². The van der Waals surface area contributed by atoms with Crippen molar-refractivity contribution in [2.24, 2.45) is 0 Å². The van der Waals surface area contributed by atoms with Crippen molar-refractivity contribution in [2.75, 3.05) is 7.11 Å². The van der Waals surface area contributed by atoms with Gasteiger partial charge >= 0.3 is 5.97 Å². The number of benzene rings is 3. The number of aromatic hydroxyl groups is 1. The van der Waals surface area contributed by atoms with Crippen molar-refractivity contribution < 1.29 is 23.4 Å². The summed E-state index contributed by atoms with van der Waals surface area (Å²) in [4.78, 5) is 11.5. The minimum absolute atomic E-state index is 0.0170. The second-order valence-electron chi connectivity index (χ2n) is 7.21. The molecule has 1 atom stereocenters. The lowest BCUT2D eigenvalue weighted by atomic mass is 9.89. The zero-order valence-electron chi connectivity index (χ0n) is 16.9. The van der Waals surface area contributed by atoms with E-state index in [1.54, 1.807) is 31.2 Å². The molecule has 0 bridgehead atoms. The van der Waals surface area contributed by atoms with Crippen LogP contribution in [-0.2, 0) is 22.4 Å². The Morgan fingerprint density at radius 2 is 1.68 bits per heavy atom. The summed E-state index contributed by atoms with van der Waals surface area (Å²) >= 11 is 12.7. The molecule has 3 aromatic carbocycles. The molecule has 0 amide bonds. The van der Waals surface area contributed by atoms with Crippen LogP contribution >= 0.6 is 23.2 Å². The van der Waals surface area contributed by atoms with E-state index in [0.29, 0.717) is 32.3 Å². The van der Waals surface area contributed by atoms with Crippen LogP contribution in [0.25, 0.3) is 0 Å². The fourth-order valence-electron chi connectivity index (χ4n) is 3.45. The van der Waals surface area contributed by atoms with Gasteiger partial charge in [-0.2, -0.15) is 0 Å². The Kier molecular flexibility index (Phi) is 7.19. The molecule has 0 aliphatic rings. The molecule has 31 heavy (non-hydrogen) atoms. The Morgan fingerprint density at radius 1 is 1.06 bits per heavy atom. The van der Waals surface area contributed by atoms with Crippen LogP contribution in [-0.4, -0.2) is 18.2 Å². The van der Waals surface area contributed by atoms with E-state index in [1.807, 2.05) is 0 Å². The molecule has 7 heteroatoms. The van der Waals surface area contributed by atoms with Crippen LogP contribution in [0.5, 0.6) is 5.75 Å². The first-order chi connectivity index (χ1) is 14.7. The molecule has 0 saturated heterocycles. The number of rotatable bonds is 6. The third-order valence-electron chi connectivity index (χ3n) is 5.18. The zero-order valence-corrected chi connectivity index (χ0v) is 18.4. The fourth-order valence-corrected chi connectivity index (χ4v) is 4.12. The fraction of sp³-hybridized carbons (Fsp3) is 0.208. The second kappa shape index (κ2) is 9.67. The highest BCUT2D eigenvalue weighted by atomic mass is 35.5. The maximum atomic E-state index is 15.4. The maximum absolute atomic E-state index is 15.4. The van der Waals surface area contributed by atoms with Gasteiger partial charge in [0.25, 0.3) is 0 Å². The van der Waals surface area contributed by atoms with Crippen molar-refractivity contribution in [1.82, 2.24) is 0 Å². The molecule has 0 aromatic heterocycles. The number of hydrogen-bond acceptors (Lipinski definition) is 3. The Labute approximate surface area is 189 Å². The zero-order chi connectivity index (χ0) is 22.7. The molecule has 0 radical (unpaired) electrons. The first-order valence-electron chi connectivity index (χ1n) is 9.50. The molecule has 1 N–H and O–H groups in total. The lowest BCUT2D eigenvalue weighted by Gasteiger charge is -2.18. The van der Waals surface area contributed by atoms with Gasteiger partial charge in [0.15, 0.2) is 0 Å². The number of phenolic OH excluding ortho intramolecular Hbond substituents is 1. The van der Waals surface area contributed by atoms with Gasteiger partial charge in [0.1, 0.15) is 17.4 Å². The molecule has 0 aliphatic carbocycles. The number of carbonyl (C=O) groups is 1. The SMILES string of the molecule is COC(=O)Cc1cc(Cl)c(Cc2ccc(O)c(C(C)c3ccc(F)cc3)c2F)c(Cl)c1. The van der Waals surface area contributed by atoms with Crippen molar-refractivity contribution in [3.05, 3.63) is 98.0 Å². The highest BCUT2D eigenvalue weighted by Crippen LogP contribution is 2.37. The monoisotopic (exact) mass is 464 g/mol. The number of ether oxygens (including phenoxy) is 1. The van der Waals surface area contributed by atoms with Crippen LogP contribution in [0.2, 0.25) is 10.0 Å². The Morgan fingerprint density at radius 3 is 2.26 bits per heavy atom. The molecule has 3 rings (SSSR count). The normalized spacial score (nSPS) is 11.9. The third-order valence-corrected chi connectivity index (χ3v) is 5.86. The van der Waals surface area contributed by atoms with Crippen molar-refractivity contribution in [3.63, 3.8) is 0 Å². The Hall–Kier alpha value is -2.63. The topological polar surface area (TPSA) is 46.5 Å². The molecule has 0 spiro atoms. The van der Waals surface area contributed by atoms with Gasteiger partial charge in [0.2, 0.25) is 0 Å². The van der Waals surface area contributed by atoms with Crippen molar-refractivity contribution in [2.45, 2.75) is 25.7 Å². The highest BCUT2D eigenvalue weighted by Gasteiger charge is 2.22. The first-order valence-corrected chi connectivity index (χ1v) is 10.3.